The molecule has 0 unspecified atom stereocenters. The van der Waals surface area contributed by atoms with Gasteiger partial charge < -0.3 is 20.3 Å². The van der Waals surface area contributed by atoms with Crippen LogP contribution < -0.4 is 15.5 Å². The van der Waals surface area contributed by atoms with Gasteiger partial charge in [0.25, 0.3) is 0 Å². The van der Waals surface area contributed by atoms with Gasteiger partial charge in [0.1, 0.15) is 5.82 Å². The molecule has 1 aromatic heterocycles. The van der Waals surface area contributed by atoms with Crippen LogP contribution in [0, 0.1) is 5.82 Å². The quantitative estimate of drug-likeness (QED) is 0.383. The molecule has 0 aliphatic carbocycles. The average molecular weight is 484 g/mol. The van der Waals surface area contributed by atoms with Crippen LogP contribution >= 0.6 is 0 Å². The van der Waals surface area contributed by atoms with Crippen LogP contribution in [0.1, 0.15) is 5.56 Å². The fourth-order valence-corrected chi connectivity index (χ4v) is 4.05. The standard InChI is InChI=1S/C28H26FN5O2/c29-22-3-1-2-20(18-22)19-27(35)31-23-6-4-21(5-7-23)26-12-13-30-28(33-26)32-24-8-10-25(11-9-24)34-14-16-36-17-15-34/h1-13,18H,14-17,19H2,(H,31,35)(H,30,32,33). The van der Waals surface area contributed by atoms with Gasteiger partial charge in [-0.2, -0.15) is 0 Å². The van der Waals surface area contributed by atoms with E-state index in [1.807, 2.05) is 42.5 Å². The maximum atomic E-state index is 13.3. The predicted octanol–water partition coefficient (Wildman–Crippen LogP) is 5.04. The molecule has 1 aliphatic rings. The van der Waals surface area contributed by atoms with Crippen molar-refractivity contribution in [1.82, 2.24) is 9.97 Å². The van der Waals surface area contributed by atoms with Crippen molar-refractivity contribution in [3.05, 3.63) is 96.4 Å². The zero-order valence-corrected chi connectivity index (χ0v) is 19.7. The van der Waals surface area contributed by atoms with E-state index >= 15 is 0 Å². The largest absolute Gasteiger partial charge is 0.378 e. The summed E-state index contributed by atoms with van der Waals surface area (Å²) in [4.78, 5) is 23.6. The van der Waals surface area contributed by atoms with Gasteiger partial charge in [-0.15, -0.1) is 0 Å². The average Bonchev–Trinajstić information content (AvgIpc) is 2.90. The summed E-state index contributed by atoms with van der Waals surface area (Å²) in [6, 6.07) is 23.5. The molecular weight excluding hydrogens is 457 g/mol. The number of ether oxygens (including phenoxy) is 1. The number of nitrogens with zero attached hydrogens (tertiary/aromatic N) is 3. The Kier molecular flexibility index (Phi) is 7.14. The number of carbonyl (C=O) groups is 1. The highest BCUT2D eigenvalue weighted by atomic mass is 19.1. The van der Waals surface area contributed by atoms with E-state index in [1.54, 1.807) is 18.3 Å². The molecule has 2 heterocycles. The van der Waals surface area contributed by atoms with Crippen LogP contribution in [0.3, 0.4) is 0 Å². The van der Waals surface area contributed by atoms with Crippen LogP contribution in [-0.2, 0) is 16.0 Å². The second-order valence-electron chi connectivity index (χ2n) is 8.47. The summed E-state index contributed by atoms with van der Waals surface area (Å²) < 4.78 is 18.8. The molecular formula is C28H26FN5O2. The normalized spacial score (nSPS) is 13.3. The lowest BCUT2D eigenvalue weighted by atomic mass is 10.1. The smallest absolute Gasteiger partial charge is 0.228 e. The molecule has 4 aromatic rings. The van der Waals surface area contributed by atoms with Crippen LogP contribution in [-0.4, -0.2) is 42.2 Å². The molecule has 8 heteroatoms. The Balaban J connectivity index is 1.20. The summed E-state index contributed by atoms with van der Waals surface area (Å²) in [5.74, 6) is -0.0611. The highest BCUT2D eigenvalue weighted by Gasteiger charge is 2.11. The molecule has 0 spiro atoms. The molecule has 1 saturated heterocycles. The molecule has 0 bridgehead atoms. The Bertz CT molecular complexity index is 1320. The predicted molar refractivity (Wildman–Crippen MR) is 139 cm³/mol. The molecule has 5 rings (SSSR count). The minimum Gasteiger partial charge on any atom is -0.378 e. The van der Waals surface area contributed by atoms with Gasteiger partial charge in [-0.3, -0.25) is 4.79 Å². The van der Waals surface area contributed by atoms with E-state index in [4.69, 9.17) is 4.74 Å². The zero-order chi connectivity index (χ0) is 24.7. The summed E-state index contributed by atoms with van der Waals surface area (Å²) in [5.41, 5.74) is 5.01. The van der Waals surface area contributed by atoms with Crippen LogP contribution in [0.15, 0.2) is 85.1 Å². The Morgan fingerprint density at radius 2 is 1.69 bits per heavy atom. The summed E-state index contributed by atoms with van der Waals surface area (Å²) in [6.07, 6.45) is 1.81. The number of halogens is 1. The number of carbonyl (C=O) groups excluding carboxylic acids is 1. The van der Waals surface area contributed by atoms with Crippen molar-refractivity contribution < 1.29 is 13.9 Å². The third-order valence-electron chi connectivity index (χ3n) is 5.87. The number of rotatable bonds is 7. The van der Waals surface area contributed by atoms with Gasteiger partial charge in [0, 0.05) is 41.9 Å². The molecule has 1 aliphatic heterocycles. The summed E-state index contributed by atoms with van der Waals surface area (Å²) >= 11 is 0. The van der Waals surface area contributed by atoms with Gasteiger partial charge in [-0.05, 0) is 60.2 Å². The Labute approximate surface area is 209 Å². The zero-order valence-electron chi connectivity index (χ0n) is 19.7. The molecule has 0 atom stereocenters. The molecule has 3 aromatic carbocycles. The minimum absolute atomic E-state index is 0.105. The van der Waals surface area contributed by atoms with Gasteiger partial charge in [-0.1, -0.05) is 24.3 Å². The first-order valence-corrected chi connectivity index (χ1v) is 11.8. The molecule has 36 heavy (non-hydrogen) atoms. The number of anilines is 4. The van der Waals surface area contributed by atoms with Crippen LogP contribution in [0.25, 0.3) is 11.3 Å². The minimum atomic E-state index is -0.353. The SMILES string of the molecule is O=C(Cc1cccc(F)c1)Nc1ccc(-c2ccnc(Nc3ccc(N4CCOCC4)cc3)n2)cc1. The van der Waals surface area contributed by atoms with Crippen molar-refractivity contribution in [2.24, 2.45) is 0 Å². The van der Waals surface area contributed by atoms with Gasteiger partial charge in [-0.25, -0.2) is 14.4 Å². The van der Waals surface area contributed by atoms with Crippen molar-refractivity contribution in [1.29, 1.82) is 0 Å². The number of morpholine rings is 1. The van der Waals surface area contributed by atoms with E-state index < -0.39 is 0 Å². The molecule has 182 valence electrons. The van der Waals surface area contributed by atoms with E-state index in [-0.39, 0.29) is 18.1 Å². The van der Waals surface area contributed by atoms with Gasteiger partial charge >= 0.3 is 0 Å². The summed E-state index contributed by atoms with van der Waals surface area (Å²) in [6.45, 7) is 3.30. The lowest BCUT2D eigenvalue weighted by molar-refractivity contribution is -0.115. The van der Waals surface area contributed by atoms with Crippen molar-refractivity contribution >= 4 is 28.9 Å². The van der Waals surface area contributed by atoms with Crippen molar-refractivity contribution in [3.8, 4) is 11.3 Å². The third-order valence-corrected chi connectivity index (χ3v) is 5.87. The highest BCUT2D eigenvalue weighted by molar-refractivity contribution is 5.92. The monoisotopic (exact) mass is 483 g/mol. The first kappa shape index (κ1) is 23.4. The molecule has 2 N–H and O–H groups in total. The summed E-state index contributed by atoms with van der Waals surface area (Å²) in [7, 11) is 0. The molecule has 0 saturated carbocycles. The first-order valence-electron chi connectivity index (χ1n) is 11.8. The molecule has 1 fully saturated rings. The number of hydrogen-bond acceptors (Lipinski definition) is 6. The van der Waals surface area contributed by atoms with E-state index in [2.05, 4.69) is 37.6 Å². The summed E-state index contributed by atoms with van der Waals surface area (Å²) in [5, 5.41) is 6.10. The lowest BCUT2D eigenvalue weighted by Gasteiger charge is -2.28. The number of amides is 1. The van der Waals surface area contributed by atoms with E-state index in [0.717, 1.165) is 43.2 Å². The number of aromatic nitrogens is 2. The fraction of sp³-hybridized carbons (Fsp3) is 0.179. The van der Waals surface area contributed by atoms with Gasteiger partial charge in [0.05, 0.1) is 25.3 Å². The van der Waals surface area contributed by atoms with Gasteiger partial charge in [0.15, 0.2) is 0 Å². The highest BCUT2D eigenvalue weighted by Crippen LogP contribution is 2.23. The van der Waals surface area contributed by atoms with Crippen LogP contribution in [0.5, 0.6) is 0 Å². The molecule has 1 amide bonds. The number of nitrogens with one attached hydrogen (secondary N) is 2. The van der Waals surface area contributed by atoms with Crippen molar-refractivity contribution in [2.75, 3.05) is 41.8 Å². The van der Waals surface area contributed by atoms with Gasteiger partial charge in [0.2, 0.25) is 11.9 Å². The second kappa shape index (κ2) is 11.0. The van der Waals surface area contributed by atoms with E-state index in [1.165, 1.54) is 17.8 Å². The van der Waals surface area contributed by atoms with Crippen molar-refractivity contribution in [3.63, 3.8) is 0 Å². The maximum absolute atomic E-state index is 13.3. The molecule has 7 nitrogen and oxygen atoms in total. The van der Waals surface area contributed by atoms with Crippen molar-refractivity contribution in [2.45, 2.75) is 6.42 Å². The number of benzene rings is 3. The molecule has 0 radical (unpaired) electrons. The Morgan fingerprint density at radius 1 is 0.944 bits per heavy atom. The Morgan fingerprint density at radius 3 is 2.44 bits per heavy atom. The first-order chi connectivity index (χ1) is 17.6. The third kappa shape index (κ3) is 6.03. The number of hydrogen-bond donors (Lipinski definition) is 2. The van der Waals surface area contributed by atoms with Crippen LogP contribution in [0.2, 0.25) is 0 Å². The van der Waals surface area contributed by atoms with Crippen LogP contribution in [0.4, 0.5) is 27.4 Å². The van der Waals surface area contributed by atoms with E-state index in [9.17, 15) is 9.18 Å². The topological polar surface area (TPSA) is 79.4 Å². The van der Waals surface area contributed by atoms with E-state index in [0.29, 0.717) is 17.2 Å². The second-order valence-corrected chi connectivity index (χ2v) is 8.47. The lowest BCUT2D eigenvalue weighted by Crippen LogP contribution is -2.36. The fourth-order valence-electron chi connectivity index (χ4n) is 4.05. The maximum Gasteiger partial charge on any atom is 0.228 e. The Hall–Kier alpha value is -4.30.